The molecule has 0 amide bonds. The van der Waals surface area contributed by atoms with Gasteiger partial charge in [-0.05, 0) is 18.2 Å². The number of aromatic amines is 1. The normalized spacial score (nSPS) is 10.7. The van der Waals surface area contributed by atoms with Gasteiger partial charge in [-0.1, -0.05) is 5.16 Å². The molecule has 0 aliphatic carbocycles. The number of halogens is 1. The van der Waals surface area contributed by atoms with E-state index in [-0.39, 0.29) is 11.7 Å². The first kappa shape index (κ1) is 10.4. The maximum Gasteiger partial charge on any atom is 0.260 e. The SMILES string of the molecule is Nc1ccc(F)cc1-c1nc(-c2ncn[nH]2)no1. The first-order chi connectivity index (χ1) is 8.74. The number of benzene rings is 1. The Bertz CT molecular complexity index is 678. The van der Waals surface area contributed by atoms with Crippen LogP contribution in [-0.2, 0) is 0 Å². The average Bonchev–Trinajstić information content (AvgIpc) is 3.00. The summed E-state index contributed by atoms with van der Waals surface area (Å²) in [7, 11) is 0. The lowest BCUT2D eigenvalue weighted by molar-refractivity contribution is 0.432. The highest BCUT2D eigenvalue weighted by molar-refractivity contribution is 5.70. The summed E-state index contributed by atoms with van der Waals surface area (Å²) >= 11 is 0. The first-order valence-electron chi connectivity index (χ1n) is 4.99. The zero-order chi connectivity index (χ0) is 12.5. The van der Waals surface area contributed by atoms with Gasteiger partial charge in [-0.2, -0.15) is 10.1 Å². The van der Waals surface area contributed by atoms with Gasteiger partial charge in [0.1, 0.15) is 12.1 Å². The van der Waals surface area contributed by atoms with Gasteiger partial charge >= 0.3 is 0 Å². The lowest BCUT2D eigenvalue weighted by Gasteiger charge is -1.99. The number of aromatic nitrogens is 5. The molecule has 0 atom stereocenters. The summed E-state index contributed by atoms with van der Waals surface area (Å²) in [6.45, 7) is 0. The van der Waals surface area contributed by atoms with Crippen molar-refractivity contribution < 1.29 is 8.91 Å². The van der Waals surface area contributed by atoms with Crippen LogP contribution in [0.3, 0.4) is 0 Å². The minimum Gasteiger partial charge on any atom is -0.398 e. The van der Waals surface area contributed by atoms with Crippen LogP contribution in [0.4, 0.5) is 10.1 Å². The number of rotatable bonds is 2. The molecule has 8 heteroatoms. The van der Waals surface area contributed by atoms with Gasteiger partial charge in [0.15, 0.2) is 5.82 Å². The predicted molar refractivity (Wildman–Crippen MR) is 59.5 cm³/mol. The number of hydrogen-bond donors (Lipinski definition) is 2. The number of nitrogens with one attached hydrogen (secondary N) is 1. The summed E-state index contributed by atoms with van der Waals surface area (Å²) in [5.74, 6) is 0.281. The number of H-pyrrole nitrogens is 1. The molecule has 0 saturated carbocycles. The standard InChI is InChI=1S/C10H7FN6O/c11-5-1-2-7(12)6(3-5)10-15-9(17-18-10)8-13-4-14-16-8/h1-4H,12H2,(H,13,14,16). The fourth-order valence-electron chi connectivity index (χ4n) is 1.46. The van der Waals surface area contributed by atoms with Crippen LogP contribution < -0.4 is 5.73 Å². The number of anilines is 1. The lowest BCUT2D eigenvalue weighted by Crippen LogP contribution is -1.91. The van der Waals surface area contributed by atoms with Crippen molar-refractivity contribution in [3.05, 3.63) is 30.3 Å². The van der Waals surface area contributed by atoms with E-state index in [1.807, 2.05) is 0 Å². The van der Waals surface area contributed by atoms with E-state index in [0.29, 0.717) is 17.1 Å². The molecule has 0 radical (unpaired) electrons. The quantitative estimate of drug-likeness (QED) is 0.659. The molecule has 3 N–H and O–H groups in total. The summed E-state index contributed by atoms with van der Waals surface area (Å²) < 4.78 is 18.2. The predicted octanol–water partition coefficient (Wildman–Crippen LogP) is 1.24. The van der Waals surface area contributed by atoms with Gasteiger partial charge in [-0.15, -0.1) is 0 Å². The van der Waals surface area contributed by atoms with Crippen LogP contribution in [0.15, 0.2) is 29.0 Å². The summed E-state index contributed by atoms with van der Waals surface area (Å²) in [6, 6.07) is 3.92. The molecule has 0 spiro atoms. The van der Waals surface area contributed by atoms with E-state index in [1.165, 1.54) is 24.5 Å². The average molecular weight is 246 g/mol. The van der Waals surface area contributed by atoms with Gasteiger partial charge in [0.25, 0.3) is 5.89 Å². The Balaban J connectivity index is 2.05. The maximum absolute atomic E-state index is 13.1. The summed E-state index contributed by atoms with van der Waals surface area (Å²) in [6.07, 6.45) is 1.32. The molecule has 0 unspecified atom stereocenters. The van der Waals surface area contributed by atoms with Crippen LogP contribution in [0.1, 0.15) is 0 Å². The second-order valence-electron chi connectivity index (χ2n) is 3.49. The second-order valence-corrected chi connectivity index (χ2v) is 3.49. The third-order valence-electron chi connectivity index (χ3n) is 2.30. The summed E-state index contributed by atoms with van der Waals surface area (Å²) in [5.41, 5.74) is 6.41. The molecule has 0 aliphatic rings. The molecule has 2 heterocycles. The molecule has 3 rings (SSSR count). The molecule has 3 aromatic rings. The number of nitrogens with two attached hydrogens (primary N) is 1. The first-order valence-corrected chi connectivity index (χ1v) is 4.99. The van der Waals surface area contributed by atoms with E-state index in [9.17, 15) is 4.39 Å². The topological polar surface area (TPSA) is 107 Å². The van der Waals surface area contributed by atoms with Crippen molar-refractivity contribution in [1.82, 2.24) is 25.3 Å². The van der Waals surface area contributed by atoms with Gasteiger partial charge in [0, 0.05) is 5.69 Å². The minimum absolute atomic E-state index is 0.124. The molecule has 90 valence electrons. The highest BCUT2D eigenvalue weighted by atomic mass is 19.1. The Hall–Kier alpha value is -2.77. The Morgan fingerprint density at radius 2 is 2.22 bits per heavy atom. The van der Waals surface area contributed by atoms with Gasteiger partial charge in [0.05, 0.1) is 5.56 Å². The van der Waals surface area contributed by atoms with Gasteiger partial charge in [-0.3, -0.25) is 5.10 Å². The number of hydrogen-bond acceptors (Lipinski definition) is 6. The fourth-order valence-corrected chi connectivity index (χ4v) is 1.46. The summed E-state index contributed by atoms with van der Waals surface area (Å²) in [4.78, 5) is 7.94. The molecule has 0 aliphatic heterocycles. The van der Waals surface area contributed by atoms with Crippen molar-refractivity contribution in [2.45, 2.75) is 0 Å². The van der Waals surface area contributed by atoms with Crippen molar-refractivity contribution >= 4 is 5.69 Å². The van der Waals surface area contributed by atoms with Crippen molar-refractivity contribution in [2.75, 3.05) is 5.73 Å². The molecule has 18 heavy (non-hydrogen) atoms. The lowest BCUT2D eigenvalue weighted by atomic mass is 10.2. The van der Waals surface area contributed by atoms with E-state index >= 15 is 0 Å². The molecule has 0 saturated heterocycles. The van der Waals surface area contributed by atoms with Crippen molar-refractivity contribution in [2.24, 2.45) is 0 Å². The van der Waals surface area contributed by atoms with Crippen molar-refractivity contribution in [3.8, 4) is 23.1 Å². The Labute approximate surface area is 99.9 Å². The van der Waals surface area contributed by atoms with Crippen LogP contribution in [0.25, 0.3) is 23.1 Å². The molecular weight excluding hydrogens is 239 g/mol. The Morgan fingerprint density at radius 1 is 1.33 bits per heavy atom. The van der Waals surface area contributed by atoms with Crippen LogP contribution in [-0.4, -0.2) is 25.3 Å². The van der Waals surface area contributed by atoms with Crippen molar-refractivity contribution in [3.63, 3.8) is 0 Å². The smallest absolute Gasteiger partial charge is 0.260 e. The van der Waals surface area contributed by atoms with E-state index in [1.54, 1.807) is 0 Å². The minimum atomic E-state index is -0.432. The molecule has 7 nitrogen and oxygen atoms in total. The molecule has 2 aromatic heterocycles. The highest BCUT2D eigenvalue weighted by Crippen LogP contribution is 2.26. The third kappa shape index (κ3) is 1.69. The number of nitrogen functional groups attached to an aromatic ring is 1. The highest BCUT2D eigenvalue weighted by Gasteiger charge is 2.15. The van der Waals surface area contributed by atoms with Crippen molar-refractivity contribution in [1.29, 1.82) is 0 Å². The van der Waals surface area contributed by atoms with E-state index in [4.69, 9.17) is 10.3 Å². The molecular formula is C10H7FN6O. The largest absolute Gasteiger partial charge is 0.398 e. The van der Waals surface area contributed by atoms with Gasteiger partial charge in [0.2, 0.25) is 5.82 Å². The molecule has 1 aromatic carbocycles. The van der Waals surface area contributed by atoms with Gasteiger partial charge in [-0.25, -0.2) is 9.37 Å². The Morgan fingerprint density at radius 3 is 3.00 bits per heavy atom. The zero-order valence-electron chi connectivity index (χ0n) is 8.96. The molecule has 0 fully saturated rings. The fraction of sp³-hybridized carbons (Fsp3) is 0. The molecule has 0 bridgehead atoms. The van der Waals surface area contributed by atoms with E-state index in [0.717, 1.165) is 0 Å². The van der Waals surface area contributed by atoms with Crippen LogP contribution in [0.5, 0.6) is 0 Å². The van der Waals surface area contributed by atoms with Crippen LogP contribution >= 0.6 is 0 Å². The summed E-state index contributed by atoms with van der Waals surface area (Å²) in [5, 5.41) is 9.97. The van der Waals surface area contributed by atoms with Gasteiger partial charge < -0.3 is 10.3 Å². The number of nitrogens with zero attached hydrogens (tertiary/aromatic N) is 4. The second kappa shape index (κ2) is 3.91. The Kier molecular flexibility index (Phi) is 2.26. The third-order valence-corrected chi connectivity index (χ3v) is 2.30. The monoisotopic (exact) mass is 246 g/mol. The zero-order valence-corrected chi connectivity index (χ0v) is 8.96. The maximum atomic E-state index is 13.1. The van der Waals surface area contributed by atoms with E-state index in [2.05, 4.69) is 25.3 Å². The van der Waals surface area contributed by atoms with E-state index < -0.39 is 5.82 Å². The van der Waals surface area contributed by atoms with Crippen LogP contribution in [0.2, 0.25) is 0 Å². The van der Waals surface area contributed by atoms with Crippen LogP contribution in [0, 0.1) is 5.82 Å².